The molecular formula is C9H15BrN2. The Bertz CT molecular complexity index is 271. The number of halogens is 1. The van der Waals surface area contributed by atoms with Crippen LogP contribution < -0.4 is 0 Å². The lowest BCUT2D eigenvalue weighted by atomic mass is 9.93. The van der Waals surface area contributed by atoms with Crippen LogP contribution in [0.2, 0.25) is 0 Å². The van der Waals surface area contributed by atoms with Crippen LogP contribution in [-0.4, -0.2) is 9.78 Å². The third-order valence-electron chi connectivity index (χ3n) is 1.80. The Balaban J connectivity index is 3.05. The molecule has 0 fully saturated rings. The minimum Gasteiger partial charge on any atom is -0.258 e. The maximum absolute atomic E-state index is 4.47. The van der Waals surface area contributed by atoms with E-state index < -0.39 is 0 Å². The summed E-state index contributed by atoms with van der Waals surface area (Å²) in [5, 5.41) is 4.47. The fourth-order valence-corrected chi connectivity index (χ4v) is 1.53. The van der Waals surface area contributed by atoms with E-state index in [4.69, 9.17) is 0 Å². The highest BCUT2D eigenvalue weighted by molar-refractivity contribution is 9.10. The van der Waals surface area contributed by atoms with Gasteiger partial charge in [-0.05, 0) is 28.9 Å². The van der Waals surface area contributed by atoms with E-state index in [1.54, 1.807) is 0 Å². The first-order valence-electron chi connectivity index (χ1n) is 4.19. The summed E-state index contributed by atoms with van der Waals surface area (Å²) in [6.45, 7) is 9.51. The van der Waals surface area contributed by atoms with E-state index in [1.165, 1.54) is 0 Å². The van der Waals surface area contributed by atoms with Crippen molar-refractivity contribution in [3.8, 4) is 0 Å². The van der Waals surface area contributed by atoms with Crippen molar-refractivity contribution in [3.63, 3.8) is 0 Å². The highest BCUT2D eigenvalue weighted by Crippen LogP contribution is 2.23. The number of hydrogen-bond acceptors (Lipinski definition) is 1. The minimum atomic E-state index is 0.142. The molecular weight excluding hydrogens is 216 g/mol. The molecule has 0 N–H and O–H groups in total. The molecule has 0 aliphatic heterocycles. The zero-order valence-corrected chi connectivity index (χ0v) is 9.64. The van der Waals surface area contributed by atoms with Gasteiger partial charge in [0.1, 0.15) is 4.60 Å². The maximum atomic E-state index is 4.47. The molecule has 0 spiro atoms. The van der Waals surface area contributed by atoms with Crippen molar-refractivity contribution in [1.82, 2.24) is 9.78 Å². The van der Waals surface area contributed by atoms with Crippen LogP contribution in [0.5, 0.6) is 0 Å². The molecule has 1 aromatic heterocycles. The predicted molar refractivity (Wildman–Crippen MR) is 54.3 cm³/mol. The van der Waals surface area contributed by atoms with Gasteiger partial charge in [-0.15, -0.1) is 0 Å². The highest BCUT2D eigenvalue weighted by Gasteiger charge is 2.18. The highest BCUT2D eigenvalue weighted by atomic mass is 79.9. The largest absolute Gasteiger partial charge is 0.258 e. The van der Waals surface area contributed by atoms with Gasteiger partial charge in [0.2, 0.25) is 0 Å². The van der Waals surface area contributed by atoms with Crippen molar-refractivity contribution >= 4 is 15.9 Å². The molecule has 68 valence electrons. The van der Waals surface area contributed by atoms with Gasteiger partial charge in [-0.25, -0.2) is 0 Å². The zero-order chi connectivity index (χ0) is 9.35. The van der Waals surface area contributed by atoms with Gasteiger partial charge < -0.3 is 0 Å². The van der Waals surface area contributed by atoms with Crippen LogP contribution in [-0.2, 0) is 12.0 Å². The second kappa shape index (κ2) is 3.21. The van der Waals surface area contributed by atoms with E-state index in [0.717, 1.165) is 16.8 Å². The van der Waals surface area contributed by atoms with Gasteiger partial charge in [0.05, 0.1) is 5.69 Å². The molecule has 1 heterocycles. The zero-order valence-electron chi connectivity index (χ0n) is 8.06. The lowest BCUT2D eigenvalue weighted by molar-refractivity contribution is 0.539. The molecule has 0 unspecified atom stereocenters. The lowest BCUT2D eigenvalue weighted by Crippen LogP contribution is -2.12. The summed E-state index contributed by atoms with van der Waals surface area (Å²) in [7, 11) is 0. The normalized spacial score (nSPS) is 12.1. The topological polar surface area (TPSA) is 17.8 Å². The molecule has 0 radical (unpaired) electrons. The monoisotopic (exact) mass is 230 g/mol. The summed E-state index contributed by atoms with van der Waals surface area (Å²) in [5.74, 6) is 0. The molecule has 12 heavy (non-hydrogen) atoms. The first kappa shape index (κ1) is 9.78. The second-order valence-electron chi connectivity index (χ2n) is 3.92. The Morgan fingerprint density at radius 3 is 2.33 bits per heavy atom. The van der Waals surface area contributed by atoms with Crippen LogP contribution in [0.4, 0.5) is 0 Å². The van der Waals surface area contributed by atoms with Crippen LogP contribution in [0.25, 0.3) is 0 Å². The average molecular weight is 231 g/mol. The smallest absolute Gasteiger partial charge is 0.104 e. The number of hydrogen-bond donors (Lipinski definition) is 0. The van der Waals surface area contributed by atoms with Crippen molar-refractivity contribution in [1.29, 1.82) is 0 Å². The van der Waals surface area contributed by atoms with Crippen molar-refractivity contribution in [2.24, 2.45) is 0 Å². The third kappa shape index (κ3) is 1.89. The van der Waals surface area contributed by atoms with E-state index in [2.05, 4.69) is 54.8 Å². The van der Waals surface area contributed by atoms with Gasteiger partial charge in [-0.2, -0.15) is 5.10 Å². The molecule has 0 saturated carbocycles. The molecule has 0 aromatic carbocycles. The number of aryl methyl sites for hydroxylation is 1. The van der Waals surface area contributed by atoms with Gasteiger partial charge in [-0.1, -0.05) is 20.8 Å². The van der Waals surface area contributed by atoms with Gasteiger partial charge in [0, 0.05) is 12.0 Å². The van der Waals surface area contributed by atoms with Crippen LogP contribution in [0.1, 0.15) is 33.4 Å². The Hall–Kier alpha value is -0.310. The van der Waals surface area contributed by atoms with E-state index in [-0.39, 0.29) is 5.41 Å². The van der Waals surface area contributed by atoms with E-state index in [9.17, 15) is 0 Å². The van der Waals surface area contributed by atoms with Crippen molar-refractivity contribution in [2.75, 3.05) is 0 Å². The summed E-state index contributed by atoms with van der Waals surface area (Å²) >= 11 is 3.47. The molecule has 0 saturated heterocycles. The summed E-state index contributed by atoms with van der Waals surface area (Å²) in [4.78, 5) is 0. The fourth-order valence-electron chi connectivity index (χ4n) is 0.982. The molecule has 0 bridgehead atoms. The van der Waals surface area contributed by atoms with Crippen LogP contribution >= 0.6 is 15.9 Å². The van der Waals surface area contributed by atoms with Crippen LogP contribution in [0, 0.1) is 0 Å². The predicted octanol–water partition coefficient (Wildman–Crippen LogP) is 2.96. The molecule has 0 atom stereocenters. The molecule has 0 amide bonds. The maximum Gasteiger partial charge on any atom is 0.104 e. The molecule has 0 aliphatic carbocycles. The lowest BCUT2D eigenvalue weighted by Gasteiger charge is -2.13. The quantitative estimate of drug-likeness (QED) is 0.726. The first-order chi connectivity index (χ1) is 5.45. The average Bonchev–Trinajstić information content (AvgIpc) is 2.29. The fraction of sp³-hybridized carbons (Fsp3) is 0.667. The van der Waals surface area contributed by atoms with Crippen molar-refractivity contribution < 1.29 is 0 Å². The van der Waals surface area contributed by atoms with E-state index >= 15 is 0 Å². The Kier molecular flexibility index (Phi) is 2.61. The Labute approximate surface area is 82.1 Å². The standard InChI is InChI=1S/C9H15BrN2/c1-5-12-8(10)6-7(11-12)9(2,3)4/h6H,5H2,1-4H3. The number of rotatable bonds is 1. The number of aromatic nitrogens is 2. The first-order valence-corrected chi connectivity index (χ1v) is 4.98. The van der Waals surface area contributed by atoms with E-state index in [0.29, 0.717) is 0 Å². The van der Waals surface area contributed by atoms with Gasteiger partial charge in [0.25, 0.3) is 0 Å². The molecule has 1 aromatic rings. The summed E-state index contributed by atoms with van der Waals surface area (Å²) < 4.78 is 3.02. The van der Waals surface area contributed by atoms with Crippen molar-refractivity contribution in [3.05, 3.63) is 16.4 Å². The Morgan fingerprint density at radius 2 is 2.08 bits per heavy atom. The SMILES string of the molecule is CCn1nc(C(C)(C)C)cc1Br. The van der Waals surface area contributed by atoms with Gasteiger partial charge >= 0.3 is 0 Å². The summed E-state index contributed by atoms with van der Waals surface area (Å²) in [6, 6.07) is 2.09. The molecule has 0 aliphatic rings. The van der Waals surface area contributed by atoms with Crippen molar-refractivity contribution in [2.45, 2.75) is 39.7 Å². The molecule has 3 heteroatoms. The molecule has 1 rings (SSSR count). The minimum absolute atomic E-state index is 0.142. The third-order valence-corrected chi connectivity index (χ3v) is 2.44. The Morgan fingerprint density at radius 1 is 1.50 bits per heavy atom. The second-order valence-corrected chi connectivity index (χ2v) is 4.73. The molecule has 2 nitrogen and oxygen atoms in total. The van der Waals surface area contributed by atoms with Crippen LogP contribution in [0.3, 0.4) is 0 Å². The summed E-state index contributed by atoms with van der Waals surface area (Å²) in [5.41, 5.74) is 1.28. The van der Waals surface area contributed by atoms with Crippen LogP contribution in [0.15, 0.2) is 10.7 Å². The summed E-state index contributed by atoms with van der Waals surface area (Å²) in [6.07, 6.45) is 0. The van der Waals surface area contributed by atoms with E-state index in [1.807, 2.05) is 4.68 Å². The van der Waals surface area contributed by atoms with Gasteiger partial charge in [0.15, 0.2) is 0 Å². The van der Waals surface area contributed by atoms with Gasteiger partial charge in [-0.3, -0.25) is 4.68 Å². The number of nitrogens with zero attached hydrogens (tertiary/aromatic N) is 2.